The molecule has 0 N–H and O–H groups in total. The summed E-state index contributed by atoms with van der Waals surface area (Å²) >= 11 is 1.42. The number of para-hydroxylation sites is 1. The summed E-state index contributed by atoms with van der Waals surface area (Å²) in [4.78, 5) is 20.1. The first-order valence-corrected chi connectivity index (χ1v) is 9.94. The van der Waals surface area contributed by atoms with Crippen molar-refractivity contribution < 1.29 is 9.53 Å². The zero-order chi connectivity index (χ0) is 19.4. The molecule has 1 amide bonds. The molecule has 140 valence electrons. The molecule has 0 spiro atoms. The topological polar surface area (TPSA) is 41.9 Å². The Labute approximate surface area is 164 Å². The van der Waals surface area contributed by atoms with Crippen LogP contribution in [0.4, 0.5) is 5.69 Å². The number of carbonyl (C=O) groups is 1. The molecule has 0 aliphatic carbocycles. The van der Waals surface area contributed by atoms with Crippen LogP contribution in [0, 0.1) is 13.8 Å². The second-order valence-electron chi connectivity index (χ2n) is 6.30. The summed E-state index contributed by atoms with van der Waals surface area (Å²) in [5, 5.41) is 0.729. The van der Waals surface area contributed by atoms with Gasteiger partial charge in [0, 0.05) is 6.54 Å². The largest absolute Gasteiger partial charge is 0.494 e. The Hall–Kier alpha value is -2.53. The van der Waals surface area contributed by atoms with E-state index in [1.807, 2.05) is 76.2 Å². The third-order valence-electron chi connectivity index (χ3n) is 4.32. The van der Waals surface area contributed by atoms with Crippen LogP contribution in [0.2, 0.25) is 0 Å². The Kier molecular flexibility index (Phi) is 6.01. The van der Waals surface area contributed by atoms with Crippen LogP contribution in [0.25, 0.3) is 6.08 Å². The van der Waals surface area contributed by atoms with Gasteiger partial charge in [-0.05, 0) is 74.4 Å². The van der Waals surface area contributed by atoms with Crippen LogP contribution in [0.5, 0.6) is 5.75 Å². The first-order chi connectivity index (χ1) is 13.0. The highest BCUT2D eigenvalue weighted by Crippen LogP contribution is 2.35. The van der Waals surface area contributed by atoms with E-state index < -0.39 is 0 Å². The Morgan fingerprint density at radius 1 is 1.11 bits per heavy atom. The van der Waals surface area contributed by atoms with Crippen LogP contribution in [0.15, 0.2) is 52.4 Å². The molecule has 3 rings (SSSR count). The first kappa shape index (κ1) is 19.2. The van der Waals surface area contributed by atoms with Crippen molar-refractivity contribution in [2.45, 2.75) is 27.7 Å². The van der Waals surface area contributed by atoms with Gasteiger partial charge >= 0.3 is 0 Å². The van der Waals surface area contributed by atoms with Crippen molar-refractivity contribution >= 4 is 34.6 Å². The van der Waals surface area contributed by atoms with Crippen molar-refractivity contribution in [3.05, 3.63) is 64.1 Å². The van der Waals surface area contributed by atoms with Gasteiger partial charge in [0.25, 0.3) is 5.91 Å². The fourth-order valence-corrected chi connectivity index (χ4v) is 4.01. The smallest absolute Gasteiger partial charge is 0.266 e. The average molecular weight is 381 g/mol. The number of hydrogen-bond donors (Lipinski definition) is 0. The van der Waals surface area contributed by atoms with Crippen molar-refractivity contribution in [2.24, 2.45) is 4.99 Å². The molecule has 0 aromatic heterocycles. The Bertz CT molecular complexity index is 898. The van der Waals surface area contributed by atoms with Crippen molar-refractivity contribution in [3.63, 3.8) is 0 Å². The number of amides is 1. The van der Waals surface area contributed by atoms with Gasteiger partial charge in [0.05, 0.1) is 17.2 Å². The number of carbonyl (C=O) groups excluding carboxylic acids is 1. The third kappa shape index (κ3) is 4.25. The maximum atomic E-state index is 12.8. The molecule has 0 atom stereocenters. The third-order valence-corrected chi connectivity index (χ3v) is 5.32. The fraction of sp³-hybridized carbons (Fsp3) is 0.273. The Morgan fingerprint density at radius 2 is 1.81 bits per heavy atom. The lowest BCUT2D eigenvalue weighted by Gasteiger charge is -2.13. The molecule has 1 heterocycles. The molecule has 2 aromatic rings. The highest BCUT2D eigenvalue weighted by Gasteiger charge is 2.32. The van der Waals surface area contributed by atoms with Crippen LogP contribution in [0.1, 0.15) is 30.5 Å². The molecule has 2 aromatic carbocycles. The van der Waals surface area contributed by atoms with Gasteiger partial charge in [-0.3, -0.25) is 9.69 Å². The lowest BCUT2D eigenvalue weighted by atomic mass is 10.1. The van der Waals surface area contributed by atoms with E-state index in [9.17, 15) is 4.79 Å². The van der Waals surface area contributed by atoms with E-state index in [0.29, 0.717) is 18.1 Å². The first-order valence-electron chi connectivity index (χ1n) is 9.12. The Morgan fingerprint density at radius 3 is 2.48 bits per heavy atom. The maximum absolute atomic E-state index is 12.8. The molecule has 1 saturated heterocycles. The number of rotatable bonds is 5. The molecule has 0 bridgehead atoms. The number of aliphatic imine (C=N–C) groups is 1. The molecule has 27 heavy (non-hydrogen) atoms. The number of amidine groups is 1. The molecule has 1 aliphatic rings. The predicted octanol–water partition coefficient (Wildman–Crippen LogP) is 5.33. The molecule has 1 aliphatic heterocycles. The van der Waals surface area contributed by atoms with Gasteiger partial charge in [0.15, 0.2) is 5.17 Å². The highest BCUT2D eigenvalue weighted by molar-refractivity contribution is 8.18. The van der Waals surface area contributed by atoms with E-state index in [0.717, 1.165) is 33.3 Å². The van der Waals surface area contributed by atoms with E-state index in [4.69, 9.17) is 9.73 Å². The van der Waals surface area contributed by atoms with Crippen molar-refractivity contribution in [2.75, 3.05) is 13.2 Å². The van der Waals surface area contributed by atoms with Gasteiger partial charge in [0.1, 0.15) is 5.75 Å². The predicted molar refractivity (Wildman–Crippen MR) is 114 cm³/mol. The van der Waals surface area contributed by atoms with Gasteiger partial charge in [0.2, 0.25) is 0 Å². The summed E-state index contributed by atoms with van der Waals surface area (Å²) in [6.45, 7) is 9.21. The summed E-state index contributed by atoms with van der Waals surface area (Å²) in [6.07, 6.45) is 1.91. The van der Waals surface area contributed by atoms with E-state index in [1.165, 1.54) is 11.8 Å². The molecule has 5 heteroatoms. The van der Waals surface area contributed by atoms with Crippen LogP contribution in [-0.2, 0) is 4.79 Å². The van der Waals surface area contributed by atoms with Crippen LogP contribution in [0.3, 0.4) is 0 Å². The van der Waals surface area contributed by atoms with E-state index in [-0.39, 0.29) is 5.91 Å². The summed E-state index contributed by atoms with van der Waals surface area (Å²) in [5.41, 5.74) is 4.09. The molecular formula is C22H24N2O2S. The molecule has 0 radical (unpaired) electrons. The van der Waals surface area contributed by atoms with Crippen LogP contribution < -0.4 is 4.74 Å². The van der Waals surface area contributed by atoms with Gasteiger partial charge in [-0.25, -0.2) is 4.99 Å². The lowest BCUT2D eigenvalue weighted by Crippen LogP contribution is -2.28. The minimum absolute atomic E-state index is 0.00528. The van der Waals surface area contributed by atoms with E-state index in [2.05, 4.69) is 0 Å². The van der Waals surface area contributed by atoms with Crippen LogP contribution in [-0.4, -0.2) is 29.1 Å². The van der Waals surface area contributed by atoms with Gasteiger partial charge < -0.3 is 4.74 Å². The highest BCUT2D eigenvalue weighted by atomic mass is 32.2. The van der Waals surface area contributed by atoms with Crippen LogP contribution >= 0.6 is 11.8 Å². The minimum Gasteiger partial charge on any atom is -0.494 e. The molecular weight excluding hydrogens is 356 g/mol. The number of ether oxygens (including phenoxy) is 1. The maximum Gasteiger partial charge on any atom is 0.266 e. The second kappa shape index (κ2) is 8.44. The van der Waals surface area contributed by atoms with Crippen molar-refractivity contribution in [3.8, 4) is 5.75 Å². The molecule has 0 saturated carbocycles. The fourth-order valence-electron chi connectivity index (χ4n) is 2.96. The summed E-state index contributed by atoms with van der Waals surface area (Å²) in [6, 6.07) is 13.9. The zero-order valence-electron chi connectivity index (χ0n) is 16.2. The Balaban J connectivity index is 1.95. The number of aryl methyl sites for hydroxylation is 2. The van der Waals surface area contributed by atoms with Crippen molar-refractivity contribution in [1.29, 1.82) is 0 Å². The SMILES string of the molecule is CCOc1cccc(/C=C2/SC(=Nc3c(C)cccc3C)N(CC)C2=O)c1. The number of nitrogens with zero attached hydrogens (tertiary/aromatic N) is 2. The normalized spacial score (nSPS) is 17.2. The minimum atomic E-state index is -0.00528. The number of hydrogen-bond acceptors (Lipinski definition) is 4. The average Bonchev–Trinajstić information content (AvgIpc) is 2.93. The number of likely N-dealkylation sites (N-methyl/N-ethyl adjacent to an activating group) is 1. The monoisotopic (exact) mass is 380 g/mol. The summed E-state index contributed by atoms with van der Waals surface area (Å²) < 4.78 is 5.55. The van der Waals surface area contributed by atoms with Gasteiger partial charge in [-0.2, -0.15) is 0 Å². The summed E-state index contributed by atoms with van der Waals surface area (Å²) in [5.74, 6) is 0.799. The molecule has 4 nitrogen and oxygen atoms in total. The second-order valence-corrected chi connectivity index (χ2v) is 7.31. The quantitative estimate of drug-likeness (QED) is 0.659. The standard InChI is InChI=1S/C22H24N2O2S/c1-5-24-21(25)19(14-17-11-8-12-18(13-17)26-6-2)27-22(24)23-20-15(3)9-7-10-16(20)4/h7-14H,5-6H2,1-4H3/b19-14+,23-22?. The molecule has 1 fully saturated rings. The lowest BCUT2D eigenvalue weighted by molar-refractivity contribution is -0.122. The zero-order valence-corrected chi connectivity index (χ0v) is 17.0. The van der Waals surface area contributed by atoms with E-state index in [1.54, 1.807) is 4.90 Å². The van der Waals surface area contributed by atoms with E-state index >= 15 is 0 Å². The molecule has 0 unspecified atom stereocenters. The number of benzene rings is 2. The van der Waals surface area contributed by atoms with Gasteiger partial charge in [-0.1, -0.05) is 30.3 Å². The van der Waals surface area contributed by atoms with Gasteiger partial charge in [-0.15, -0.1) is 0 Å². The summed E-state index contributed by atoms with van der Waals surface area (Å²) in [7, 11) is 0. The number of thioether (sulfide) groups is 1. The van der Waals surface area contributed by atoms with Crippen molar-refractivity contribution in [1.82, 2.24) is 4.90 Å².